The van der Waals surface area contributed by atoms with Gasteiger partial charge in [-0.1, -0.05) is 0 Å². The van der Waals surface area contributed by atoms with Crippen LogP contribution in [0.5, 0.6) is 0 Å². The molecule has 7 nitrogen and oxygen atoms in total. The molecule has 0 bridgehead atoms. The molecule has 7 heteroatoms. The molecule has 0 aromatic carbocycles. The van der Waals surface area contributed by atoms with E-state index >= 15 is 0 Å². The molecular formula is C13H12N6O. The van der Waals surface area contributed by atoms with Crippen molar-refractivity contribution >= 4 is 17.1 Å². The molecule has 0 aliphatic carbocycles. The highest BCUT2D eigenvalue weighted by atomic mass is 16.1. The van der Waals surface area contributed by atoms with Crippen LogP contribution in [0.25, 0.3) is 22.6 Å². The van der Waals surface area contributed by atoms with Crippen LogP contribution in [-0.4, -0.2) is 30.8 Å². The lowest BCUT2D eigenvalue weighted by Gasteiger charge is -2.05. The SMILES string of the molecule is Cc1nccc(-c2nc3c(C(N)=O)c[nH]c3nc2C)n1. The van der Waals surface area contributed by atoms with Crippen LogP contribution < -0.4 is 5.73 Å². The van der Waals surface area contributed by atoms with Crippen LogP contribution in [-0.2, 0) is 0 Å². The average Bonchev–Trinajstić information content (AvgIpc) is 2.80. The van der Waals surface area contributed by atoms with Crippen molar-refractivity contribution in [2.24, 2.45) is 5.73 Å². The summed E-state index contributed by atoms with van der Waals surface area (Å²) in [5.74, 6) is 0.104. The quantitative estimate of drug-likeness (QED) is 0.723. The van der Waals surface area contributed by atoms with Gasteiger partial charge < -0.3 is 10.7 Å². The topological polar surface area (TPSA) is 110 Å². The number of rotatable bonds is 2. The van der Waals surface area contributed by atoms with E-state index in [9.17, 15) is 4.79 Å². The van der Waals surface area contributed by atoms with E-state index in [1.165, 1.54) is 6.20 Å². The zero-order valence-electron chi connectivity index (χ0n) is 11.0. The predicted octanol–water partition coefficient (Wildman–Crippen LogP) is 1.13. The lowest BCUT2D eigenvalue weighted by Crippen LogP contribution is -2.10. The first-order chi connectivity index (χ1) is 9.56. The van der Waals surface area contributed by atoms with E-state index in [1.54, 1.807) is 19.2 Å². The summed E-state index contributed by atoms with van der Waals surface area (Å²) in [7, 11) is 0. The highest BCUT2D eigenvalue weighted by Gasteiger charge is 2.15. The average molecular weight is 268 g/mol. The molecule has 3 heterocycles. The molecule has 0 aliphatic rings. The Balaban J connectivity index is 2.28. The molecule has 3 N–H and O–H groups in total. The second kappa shape index (κ2) is 4.37. The molecule has 0 saturated heterocycles. The van der Waals surface area contributed by atoms with Crippen molar-refractivity contribution in [3.8, 4) is 11.4 Å². The molecule has 0 spiro atoms. The van der Waals surface area contributed by atoms with Crippen LogP contribution in [0.15, 0.2) is 18.5 Å². The summed E-state index contributed by atoms with van der Waals surface area (Å²) in [4.78, 5) is 31.5. The molecule has 0 unspecified atom stereocenters. The lowest BCUT2D eigenvalue weighted by molar-refractivity contribution is 0.100. The zero-order chi connectivity index (χ0) is 14.3. The van der Waals surface area contributed by atoms with Gasteiger partial charge in [0.15, 0.2) is 5.65 Å². The number of hydrogen-bond acceptors (Lipinski definition) is 5. The van der Waals surface area contributed by atoms with Crippen LogP contribution in [0.4, 0.5) is 0 Å². The molecule has 1 amide bonds. The van der Waals surface area contributed by atoms with Crippen LogP contribution in [0.3, 0.4) is 0 Å². The van der Waals surface area contributed by atoms with Gasteiger partial charge in [0.2, 0.25) is 0 Å². The minimum absolute atomic E-state index is 0.319. The number of aryl methyl sites for hydroxylation is 2. The number of H-pyrrole nitrogens is 1. The third-order valence-electron chi connectivity index (χ3n) is 2.96. The van der Waals surface area contributed by atoms with Gasteiger partial charge in [-0.3, -0.25) is 4.79 Å². The van der Waals surface area contributed by atoms with Gasteiger partial charge in [-0.05, 0) is 19.9 Å². The summed E-state index contributed by atoms with van der Waals surface area (Å²) in [5.41, 5.74) is 8.63. The first-order valence-electron chi connectivity index (χ1n) is 6.02. The van der Waals surface area contributed by atoms with Gasteiger partial charge in [-0.15, -0.1) is 0 Å². The molecule has 0 fully saturated rings. The number of aromatic amines is 1. The number of fused-ring (bicyclic) bond motifs is 1. The summed E-state index contributed by atoms with van der Waals surface area (Å²) in [6.07, 6.45) is 3.18. The second-order valence-corrected chi connectivity index (χ2v) is 4.41. The number of aromatic nitrogens is 5. The van der Waals surface area contributed by atoms with Gasteiger partial charge in [0.05, 0.1) is 17.0 Å². The van der Waals surface area contributed by atoms with E-state index in [0.717, 1.165) is 0 Å². The van der Waals surface area contributed by atoms with E-state index < -0.39 is 5.91 Å². The lowest BCUT2D eigenvalue weighted by atomic mass is 10.2. The maximum Gasteiger partial charge on any atom is 0.252 e. The Morgan fingerprint density at radius 1 is 1.25 bits per heavy atom. The summed E-state index contributed by atoms with van der Waals surface area (Å²) in [5, 5.41) is 0. The van der Waals surface area contributed by atoms with Gasteiger partial charge in [0, 0.05) is 12.4 Å². The van der Waals surface area contributed by atoms with Crippen molar-refractivity contribution in [3.63, 3.8) is 0 Å². The second-order valence-electron chi connectivity index (χ2n) is 4.41. The maximum absolute atomic E-state index is 11.4. The van der Waals surface area contributed by atoms with Crippen molar-refractivity contribution in [3.05, 3.63) is 35.5 Å². The van der Waals surface area contributed by atoms with E-state index in [4.69, 9.17) is 5.73 Å². The Labute approximate surface area is 114 Å². The number of hydrogen-bond donors (Lipinski definition) is 2. The third kappa shape index (κ3) is 1.89. The standard InChI is InChI=1S/C13H12N6O/c1-6-10(9-3-4-15-7(2)18-9)19-11-8(12(14)20)5-16-13(11)17-6/h3-5H,1-2H3,(H2,14,20)(H,16,17). The number of primary amides is 1. The molecule has 0 saturated carbocycles. The molecule has 100 valence electrons. The minimum Gasteiger partial charge on any atom is -0.365 e. The Morgan fingerprint density at radius 2 is 2.05 bits per heavy atom. The number of amides is 1. The number of nitrogens with two attached hydrogens (primary N) is 1. The Morgan fingerprint density at radius 3 is 2.75 bits per heavy atom. The van der Waals surface area contributed by atoms with Crippen LogP contribution >= 0.6 is 0 Å². The van der Waals surface area contributed by atoms with E-state index in [-0.39, 0.29) is 0 Å². The van der Waals surface area contributed by atoms with Crippen LogP contribution in [0.2, 0.25) is 0 Å². The number of nitrogens with one attached hydrogen (secondary N) is 1. The molecular weight excluding hydrogens is 256 g/mol. The highest BCUT2D eigenvalue weighted by molar-refractivity contribution is 6.03. The van der Waals surface area contributed by atoms with Gasteiger partial charge in [0.1, 0.15) is 17.0 Å². The van der Waals surface area contributed by atoms with E-state index in [1.807, 2.05) is 6.92 Å². The molecule has 20 heavy (non-hydrogen) atoms. The van der Waals surface area contributed by atoms with E-state index in [0.29, 0.717) is 39.6 Å². The number of carbonyl (C=O) groups is 1. The number of nitrogens with zero attached hydrogens (tertiary/aromatic N) is 4. The molecule has 3 aromatic rings. The van der Waals surface area contributed by atoms with Crippen molar-refractivity contribution in [2.45, 2.75) is 13.8 Å². The van der Waals surface area contributed by atoms with Gasteiger partial charge in [0.25, 0.3) is 5.91 Å². The van der Waals surface area contributed by atoms with E-state index in [2.05, 4.69) is 24.9 Å². The summed E-state index contributed by atoms with van der Waals surface area (Å²) in [6, 6.07) is 1.76. The normalized spacial score (nSPS) is 10.9. The van der Waals surface area contributed by atoms with Crippen LogP contribution in [0.1, 0.15) is 21.9 Å². The Kier molecular flexibility index (Phi) is 2.67. The van der Waals surface area contributed by atoms with Crippen molar-refractivity contribution < 1.29 is 4.79 Å². The molecule has 0 radical (unpaired) electrons. The van der Waals surface area contributed by atoms with Gasteiger partial charge in [-0.2, -0.15) is 0 Å². The first-order valence-corrected chi connectivity index (χ1v) is 6.02. The van der Waals surface area contributed by atoms with Gasteiger partial charge in [-0.25, -0.2) is 19.9 Å². The Bertz CT molecular complexity index is 823. The van der Waals surface area contributed by atoms with Crippen molar-refractivity contribution in [1.82, 2.24) is 24.9 Å². The molecule has 0 aliphatic heterocycles. The predicted molar refractivity (Wildman–Crippen MR) is 72.9 cm³/mol. The van der Waals surface area contributed by atoms with Crippen molar-refractivity contribution in [2.75, 3.05) is 0 Å². The fourth-order valence-corrected chi connectivity index (χ4v) is 2.04. The third-order valence-corrected chi connectivity index (χ3v) is 2.96. The molecule has 0 atom stereocenters. The fourth-order valence-electron chi connectivity index (χ4n) is 2.04. The minimum atomic E-state index is -0.542. The van der Waals surface area contributed by atoms with Crippen molar-refractivity contribution in [1.29, 1.82) is 0 Å². The smallest absolute Gasteiger partial charge is 0.252 e. The number of carbonyl (C=O) groups excluding carboxylic acids is 1. The highest BCUT2D eigenvalue weighted by Crippen LogP contribution is 2.22. The first kappa shape index (κ1) is 12.2. The zero-order valence-corrected chi connectivity index (χ0v) is 11.0. The molecule has 3 rings (SSSR count). The fraction of sp³-hybridized carbons (Fsp3) is 0.154. The largest absolute Gasteiger partial charge is 0.365 e. The monoisotopic (exact) mass is 268 g/mol. The summed E-state index contributed by atoms with van der Waals surface area (Å²) < 4.78 is 0. The molecule has 3 aromatic heterocycles. The van der Waals surface area contributed by atoms with Crippen LogP contribution in [0, 0.1) is 13.8 Å². The summed E-state index contributed by atoms with van der Waals surface area (Å²) >= 11 is 0. The maximum atomic E-state index is 11.4. The van der Waals surface area contributed by atoms with Gasteiger partial charge >= 0.3 is 0 Å². The summed E-state index contributed by atoms with van der Waals surface area (Å²) in [6.45, 7) is 3.64. The Hall–Kier alpha value is -2.83.